The summed E-state index contributed by atoms with van der Waals surface area (Å²) in [6.45, 7) is 2.22. The second-order valence-corrected chi connectivity index (χ2v) is 20.6. The second kappa shape index (κ2) is 33.2. The maximum absolute atomic E-state index is 12.0. The lowest BCUT2D eigenvalue weighted by Gasteiger charge is -2.11. The van der Waals surface area contributed by atoms with Crippen LogP contribution in [0.3, 0.4) is 0 Å². The van der Waals surface area contributed by atoms with Crippen molar-refractivity contribution in [2.45, 2.75) is 148 Å². The Labute approximate surface area is 401 Å². The van der Waals surface area contributed by atoms with Gasteiger partial charge in [-0.1, -0.05) is 103 Å². The van der Waals surface area contributed by atoms with Crippen molar-refractivity contribution < 1.29 is 28.5 Å². The molecule has 2 rings (SSSR count). The molecule has 0 radical (unpaired) electrons. The predicted molar refractivity (Wildman–Crippen MR) is 268 cm³/mol. The highest BCUT2D eigenvalue weighted by molar-refractivity contribution is 14.1. The lowest BCUT2D eigenvalue weighted by molar-refractivity contribution is -0.146. The molecule has 0 saturated heterocycles. The van der Waals surface area contributed by atoms with Gasteiger partial charge in [0.25, 0.3) is 0 Å². The van der Waals surface area contributed by atoms with Crippen LogP contribution in [0, 0.1) is 21.4 Å². The molecule has 0 aliphatic heterocycles. The van der Waals surface area contributed by atoms with Crippen molar-refractivity contribution in [1.82, 2.24) is 0 Å². The summed E-state index contributed by atoms with van der Waals surface area (Å²) in [5.74, 6) is 1.78. The highest BCUT2D eigenvalue weighted by Crippen LogP contribution is 2.31. The standard InChI is InChI=1S/C41H58I6O6/c42-32-28-34(44)40(35(45)29-32)52-24-19-15-11-7-3-1-5-9-13-17-22-38(48)50-26-21-27-51-39(49)23-18-14-10-6-2-4-8-12-16-20-25-53-41-36(46)30-33(43)31-37(41)47/h28-31H,1-27H2. The molecule has 0 spiro atoms. The third kappa shape index (κ3) is 26.2. The van der Waals surface area contributed by atoms with Gasteiger partial charge >= 0.3 is 11.9 Å². The third-order valence-corrected chi connectivity index (χ3v) is 13.2. The van der Waals surface area contributed by atoms with Gasteiger partial charge in [0.2, 0.25) is 0 Å². The molecule has 0 fully saturated rings. The zero-order valence-corrected chi connectivity index (χ0v) is 44.1. The Hall–Kier alpha value is 1.36. The Kier molecular flexibility index (Phi) is 31.7. The number of esters is 2. The van der Waals surface area contributed by atoms with Crippen LogP contribution in [0.4, 0.5) is 0 Å². The molecule has 300 valence electrons. The fourth-order valence-corrected chi connectivity index (χ4v) is 13.6. The van der Waals surface area contributed by atoms with Gasteiger partial charge in [-0.25, -0.2) is 0 Å². The maximum Gasteiger partial charge on any atom is 0.305 e. The van der Waals surface area contributed by atoms with Gasteiger partial charge in [-0.2, -0.15) is 0 Å². The van der Waals surface area contributed by atoms with Gasteiger partial charge in [-0.05, 0) is 185 Å². The molecule has 0 saturated carbocycles. The molecule has 0 amide bonds. The van der Waals surface area contributed by atoms with Crippen LogP contribution in [0.25, 0.3) is 0 Å². The lowest BCUT2D eigenvalue weighted by atomic mass is 10.1. The Bertz CT molecular complexity index is 1170. The quantitative estimate of drug-likeness (QED) is 0.0413. The van der Waals surface area contributed by atoms with E-state index in [2.05, 4.69) is 160 Å². The summed E-state index contributed by atoms with van der Waals surface area (Å²) in [4.78, 5) is 24.0. The molecule has 0 aliphatic rings. The van der Waals surface area contributed by atoms with Crippen molar-refractivity contribution in [3.05, 3.63) is 45.7 Å². The van der Waals surface area contributed by atoms with Crippen molar-refractivity contribution in [2.75, 3.05) is 26.4 Å². The van der Waals surface area contributed by atoms with Crippen LogP contribution in [0.2, 0.25) is 0 Å². The first kappa shape index (κ1) is 50.5. The fourth-order valence-electron chi connectivity index (χ4n) is 5.83. The summed E-state index contributed by atoms with van der Waals surface area (Å²) in [5.41, 5.74) is 0. The molecule has 0 aliphatic carbocycles. The fraction of sp³-hybridized carbons (Fsp3) is 0.659. The van der Waals surface area contributed by atoms with E-state index >= 15 is 0 Å². The normalized spacial score (nSPS) is 11.1. The van der Waals surface area contributed by atoms with Gasteiger partial charge in [0.1, 0.15) is 11.5 Å². The van der Waals surface area contributed by atoms with Crippen LogP contribution >= 0.6 is 136 Å². The van der Waals surface area contributed by atoms with Crippen LogP contribution in [-0.4, -0.2) is 38.4 Å². The van der Waals surface area contributed by atoms with Crippen molar-refractivity contribution in [2.24, 2.45) is 0 Å². The van der Waals surface area contributed by atoms with Crippen molar-refractivity contribution >= 4 is 147 Å². The summed E-state index contributed by atoms with van der Waals surface area (Å²) in [7, 11) is 0. The number of ether oxygens (including phenoxy) is 4. The topological polar surface area (TPSA) is 71.1 Å². The van der Waals surface area contributed by atoms with E-state index in [1.54, 1.807) is 0 Å². The van der Waals surface area contributed by atoms with Crippen LogP contribution in [0.15, 0.2) is 24.3 Å². The minimum atomic E-state index is -0.139. The first-order valence-corrected chi connectivity index (χ1v) is 26.0. The largest absolute Gasteiger partial charge is 0.491 e. The maximum atomic E-state index is 12.0. The third-order valence-electron chi connectivity index (χ3n) is 8.78. The van der Waals surface area contributed by atoms with Crippen molar-refractivity contribution in [3.63, 3.8) is 0 Å². The van der Waals surface area contributed by atoms with Crippen LogP contribution in [0.1, 0.15) is 148 Å². The van der Waals surface area contributed by atoms with Gasteiger partial charge in [-0.3, -0.25) is 9.59 Å². The number of halogens is 6. The average Bonchev–Trinajstić information content (AvgIpc) is 3.10. The van der Waals surface area contributed by atoms with E-state index in [0.717, 1.165) is 63.2 Å². The number of benzene rings is 2. The zero-order chi connectivity index (χ0) is 38.5. The molecule has 0 bridgehead atoms. The van der Waals surface area contributed by atoms with Crippen LogP contribution in [0.5, 0.6) is 11.5 Å². The summed E-state index contributed by atoms with van der Waals surface area (Å²) in [5, 5.41) is 0. The smallest absolute Gasteiger partial charge is 0.305 e. The Balaban J connectivity index is 1.25. The van der Waals surface area contributed by atoms with E-state index in [4.69, 9.17) is 18.9 Å². The Morgan fingerprint density at radius 2 is 0.623 bits per heavy atom. The first-order valence-electron chi connectivity index (χ1n) is 19.5. The molecule has 6 nitrogen and oxygen atoms in total. The monoisotopic (exact) mass is 1410 g/mol. The minimum absolute atomic E-state index is 0.139. The van der Waals surface area contributed by atoms with Gasteiger partial charge in [0.05, 0.1) is 40.7 Å². The van der Waals surface area contributed by atoms with E-state index in [1.165, 1.54) is 111 Å². The van der Waals surface area contributed by atoms with Crippen molar-refractivity contribution in [1.29, 1.82) is 0 Å². The summed E-state index contributed by atoms with van der Waals surface area (Å²) < 4.78 is 30.0. The number of unbranched alkanes of at least 4 members (excludes halogenated alkanes) is 18. The number of carbonyl (C=O) groups is 2. The molecule has 0 unspecified atom stereocenters. The molecule has 0 heterocycles. The van der Waals surface area contributed by atoms with Gasteiger partial charge in [0.15, 0.2) is 0 Å². The second-order valence-electron chi connectivity index (χ2n) is 13.5. The summed E-state index contributed by atoms with van der Waals surface area (Å²) in [6.07, 6.45) is 25.1. The zero-order valence-electron chi connectivity index (χ0n) is 31.1. The Morgan fingerprint density at radius 3 is 0.925 bits per heavy atom. The Morgan fingerprint density at radius 1 is 0.358 bits per heavy atom. The number of carbonyl (C=O) groups excluding carboxylic acids is 2. The van der Waals surface area contributed by atoms with Crippen LogP contribution in [-0.2, 0) is 19.1 Å². The molecule has 2 aromatic carbocycles. The highest BCUT2D eigenvalue weighted by Gasteiger charge is 2.10. The number of hydrogen-bond donors (Lipinski definition) is 0. The lowest BCUT2D eigenvalue weighted by Crippen LogP contribution is -2.10. The minimum Gasteiger partial charge on any atom is -0.491 e. The molecular formula is C41H58I6O6. The summed E-state index contributed by atoms with van der Waals surface area (Å²) in [6, 6.07) is 8.64. The highest BCUT2D eigenvalue weighted by atomic mass is 127. The van der Waals surface area contributed by atoms with Crippen molar-refractivity contribution in [3.8, 4) is 11.5 Å². The molecule has 12 heteroatoms. The van der Waals surface area contributed by atoms with Gasteiger partial charge in [-0.15, -0.1) is 0 Å². The van der Waals surface area contributed by atoms with E-state index in [9.17, 15) is 9.59 Å². The van der Waals surface area contributed by atoms with E-state index in [0.29, 0.717) is 32.5 Å². The van der Waals surface area contributed by atoms with Gasteiger partial charge in [0, 0.05) is 26.4 Å². The van der Waals surface area contributed by atoms with E-state index in [-0.39, 0.29) is 11.9 Å². The molecule has 0 atom stereocenters. The SMILES string of the molecule is O=C(CCCCCCCCCCCCOc1c(I)cc(I)cc1I)OCCCOC(=O)CCCCCCCCCCCCOc1c(I)cc(I)cc1I. The molecule has 0 N–H and O–H groups in total. The predicted octanol–water partition coefficient (Wildman–Crippen LogP) is 14.8. The average molecular weight is 1410 g/mol. The van der Waals surface area contributed by atoms with Gasteiger partial charge < -0.3 is 18.9 Å². The van der Waals surface area contributed by atoms with Crippen LogP contribution < -0.4 is 9.47 Å². The summed E-state index contributed by atoms with van der Waals surface area (Å²) >= 11 is 14.1. The molecule has 0 aromatic heterocycles. The van der Waals surface area contributed by atoms with E-state index < -0.39 is 0 Å². The number of hydrogen-bond acceptors (Lipinski definition) is 6. The molecule has 53 heavy (non-hydrogen) atoms. The number of rotatable bonds is 32. The molecular weight excluding hydrogens is 1350 g/mol. The molecule has 2 aromatic rings. The first-order chi connectivity index (χ1) is 25.7. The van der Waals surface area contributed by atoms with E-state index in [1.807, 2.05) is 0 Å².